The highest BCUT2D eigenvalue weighted by atomic mass is 28.4. The van der Waals surface area contributed by atoms with E-state index in [1.54, 1.807) is 12.1 Å². The van der Waals surface area contributed by atoms with Gasteiger partial charge in [0.05, 0.1) is 5.56 Å². The molecular weight excluding hydrogens is 349 g/mol. The zero-order valence-corrected chi connectivity index (χ0v) is 17.3. The topological polar surface area (TPSA) is 55.4 Å². The summed E-state index contributed by atoms with van der Waals surface area (Å²) >= 11 is 0. The minimum Gasteiger partial charge on any atom is -0.520 e. The van der Waals surface area contributed by atoms with Crippen molar-refractivity contribution in [3.8, 4) is 0 Å². The Hall–Kier alpha value is -1.69. The molecule has 0 aliphatic carbocycles. The maximum Gasteiger partial charge on any atom is 0.292 e. The first-order chi connectivity index (χ1) is 12.3. The number of rotatable bonds is 12. The molecule has 4 nitrogen and oxygen atoms in total. The number of amides is 1. The average Bonchev–Trinajstić information content (AvgIpc) is 2.55. The van der Waals surface area contributed by atoms with Crippen LogP contribution in [-0.4, -0.2) is 26.7 Å². The van der Waals surface area contributed by atoms with Gasteiger partial charge in [-0.25, -0.2) is 4.39 Å². The Morgan fingerprint density at radius 2 is 1.54 bits per heavy atom. The van der Waals surface area contributed by atoms with Crippen molar-refractivity contribution in [3.05, 3.63) is 35.6 Å². The summed E-state index contributed by atoms with van der Waals surface area (Å²) in [6.07, 6.45) is 7.73. The van der Waals surface area contributed by atoms with E-state index in [1.165, 1.54) is 12.1 Å². The quantitative estimate of drug-likeness (QED) is 0.407. The molecule has 26 heavy (non-hydrogen) atoms. The molecule has 146 valence electrons. The predicted octanol–water partition coefficient (Wildman–Crippen LogP) is 5.05. The Kier molecular flexibility index (Phi) is 10.2. The van der Waals surface area contributed by atoms with E-state index in [0.29, 0.717) is 13.0 Å². The van der Waals surface area contributed by atoms with E-state index in [0.717, 1.165) is 44.9 Å². The number of benzene rings is 1. The Labute approximate surface area is 157 Å². The second-order valence-electron chi connectivity index (χ2n) is 7.55. The van der Waals surface area contributed by atoms with Gasteiger partial charge in [-0.3, -0.25) is 9.59 Å². The van der Waals surface area contributed by atoms with E-state index in [1.807, 2.05) is 19.6 Å². The standard InChI is InChI=1S/C20H32FNO3Si/c1-26(2,3)25-19(23)15-9-7-5-4-6-8-12-16-22-20(24)17-13-10-11-14-18(17)21/h10-11,13-14H,4-9,12,15-16H2,1-3H3,(H,22,24). The van der Waals surface area contributed by atoms with E-state index in [4.69, 9.17) is 4.43 Å². The van der Waals surface area contributed by atoms with Crippen molar-refractivity contribution in [2.45, 2.75) is 71.0 Å². The number of carbonyl (C=O) groups excluding carboxylic acids is 2. The Morgan fingerprint density at radius 1 is 0.962 bits per heavy atom. The largest absolute Gasteiger partial charge is 0.520 e. The molecule has 0 bridgehead atoms. The van der Waals surface area contributed by atoms with Crippen LogP contribution >= 0.6 is 0 Å². The fourth-order valence-corrected chi connectivity index (χ4v) is 3.40. The number of unbranched alkanes of at least 4 members (excludes halogenated alkanes) is 6. The molecule has 0 aliphatic heterocycles. The van der Waals surface area contributed by atoms with Gasteiger partial charge in [-0.2, -0.15) is 0 Å². The van der Waals surface area contributed by atoms with Crippen LogP contribution in [0.5, 0.6) is 0 Å². The molecule has 0 aliphatic rings. The molecule has 0 spiro atoms. The zero-order valence-electron chi connectivity index (χ0n) is 16.3. The Balaban J connectivity index is 1.96. The number of carbonyl (C=O) groups is 2. The summed E-state index contributed by atoms with van der Waals surface area (Å²) in [5.41, 5.74) is 0.0974. The monoisotopic (exact) mass is 381 g/mol. The van der Waals surface area contributed by atoms with E-state index in [-0.39, 0.29) is 17.4 Å². The van der Waals surface area contributed by atoms with Crippen LogP contribution in [-0.2, 0) is 9.22 Å². The van der Waals surface area contributed by atoms with Crippen molar-refractivity contribution in [3.63, 3.8) is 0 Å². The SMILES string of the molecule is C[Si](C)(C)OC(=O)CCCCCCCCCNC(=O)c1ccccc1F. The van der Waals surface area contributed by atoms with Crippen LogP contribution in [0.25, 0.3) is 0 Å². The molecule has 1 aromatic rings. The molecule has 1 N–H and O–H groups in total. The molecule has 1 rings (SSSR count). The highest BCUT2D eigenvalue weighted by Crippen LogP contribution is 2.11. The molecule has 0 radical (unpaired) electrons. The first-order valence-electron chi connectivity index (χ1n) is 9.54. The predicted molar refractivity (Wildman–Crippen MR) is 105 cm³/mol. The molecule has 0 saturated carbocycles. The summed E-state index contributed by atoms with van der Waals surface area (Å²) in [6, 6.07) is 6.01. The van der Waals surface area contributed by atoms with E-state index in [9.17, 15) is 14.0 Å². The molecule has 1 aromatic carbocycles. The Morgan fingerprint density at radius 3 is 2.15 bits per heavy atom. The fraction of sp³-hybridized carbons (Fsp3) is 0.600. The van der Waals surface area contributed by atoms with Gasteiger partial charge in [0.25, 0.3) is 11.9 Å². The minimum atomic E-state index is -1.75. The van der Waals surface area contributed by atoms with Gasteiger partial charge in [-0.15, -0.1) is 0 Å². The van der Waals surface area contributed by atoms with Gasteiger partial charge in [-0.1, -0.05) is 44.2 Å². The molecule has 0 aromatic heterocycles. The van der Waals surface area contributed by atoms with Gasteiger partial charge >= 0.3 is 0 Å². The second kappa shape index (κ2) is 11.8. The number of hydrogen-bond donors (Lipinski definition) is 1. The first kappa shape index (κ1) is 22.3. The molecule has 0 fully saturated rings. The second-order valence-corrected chi connectivity index (χ2v) is 12.0. The highest BCUT2D eigenvalue weighted by molar-refractivity contribution is 6.71. The van der Waals surface area contributed by atoms with Crippen LogP contribution in [0.4, 0.5) is 4.39 Å². The average molecular weight is 382 g/mol. The molecular formula is C20H32FNO3Si. The van der Waals surface area contributed by atoms with Crippen LogP contribution in [0.1, 0.15) is 61.7 Å². The minimum absolute atomic E-state index is 0.0604. The van der Waals surface area contributed by atoms with Gasteiger partial charge in [0.15, 0.2) is 0 Å². The molecule has 1 amide bonds. The molecule has 0 unspecified atom stereocenters. The van der Waals surface area contributed by atoms with Crippen molar-refractivity contribution in [1.82, 2.24) is 5.32 Å². The summed E-state index contributed by atoms with van der Waals surface area (Å²) in [5, 5.41) is 2.75. The van der Waals surface area contributed by atoms with E-state index in [2.05, 4.69) is 5.32 Å². The normalized spacial score (nSPS) is 11.2. The van der Waals surface area contributed by atoms with Crippen LogP contribution < -0.4 is 5.32 Å². The summed E-state index contributed by atoms with van der Waals surface area (Å²) in [5.74, 6) is -0.901. The lowest BCUT2D eigenvalue weighted by atomic mass is 10.1. The molecule has 6 heteroatoms. The van der Waals surface area contributed by atoms with Crippen molar-refractivity contribution in [2.75, 3.05) is 6.54 Å². The lowest BCUT2D eigenvalue weighted by Crippen LogP contribution is -2.28. The van der Waals surface area contributed by atoms with Crippen LogP contribution in [0.15, 0.2) is 24.3 Å². The zero-order chi connectivity index (χ0) is 19.4. The van der Waals surface area contributed by atoms with E-state index < -0.39 is 14.1 Å². The lowest BCUT2D eigenvalue weighted by Gasteiger charge is -2.17. The highest BCUT2D eigenvalue weighted by Gasteiger charge is 2.19. The third-order valence-corrected chi connectivity index (χ3v) is 4.72. The summed E-state index contributed by atoms with van der Waals surface area (Å²) in [4.78, 5) is 23.4. The van der Waals surface area contributed by atoms with Gasteiger partial charge in [0.1, 0.15) is 5.82 Å². The molecule has 0 heterocycles. The smallest absolute Gasteiger partial charge is 0.292 e. The van der Waals surface area contributed by atoms with Crippen LogP contribution in [0.2, 0.25) is 19.6 Å². The number of nitrogens with one attached hydrogen (secondary N) is 1. The maximum absolute atomic E-state index is 13.5. The van der Waals surface area contributed by atoms with E-state index >= 15 is 0 Å². The van der Waals surface area contributed by atoms with Crippen LogP contribution in [0.3, 0.4) is 0 Å². The molecule has 0 saturated heterocycles. The maximum atomic E-state index is 13.5. The molecule has 0 atom stereocenters. The lowest BCUT2D eigenvalue weighted by molar-refractivity contribution is -0.135. The van der Waals surface area contributed by atoms with Gasteiger partial charge < -0.3 is 9.74 Å². The van der Waals surface area contributed by atoms with Crippen molar-refractivity contribution < 1.29 is 18.4 Å². The van der Waals surface area contributed by atoms with Gasteiger partial charge in [0.2, 0.25) is 8.32 Å². The fourth-order valence-electron chi connectivity index (χ4n) is 2.61. The summed E-state index contributed by atoms with van der Waals surface area (Å²) in [7, 11) is -1.75. The Bertz CT molecular complexity index is 572. The summed E-state index contributed by atoms with van der Waals surface area (Å²) < 4.78 is 18.9. The van der Waals surface area contributed by atoms with Crippen LogP contribution in [0, 0.1) is 5.82 Å². The third kappa shape index (κ3) is 10.3. The van der Waals surface area contributed by atoms with Crippen molar-refractivity contribution in [2.24, 2.45) is 0 Å². The number of halogens is 1. The van der Waals surface area contributed by atoms with Gasteiger partial charge in [-0.05, 0) is 44.6 Å². The van der Waals surface area contributed by atoms with Gasteiger partial charge in [0, 0.05) is 13.0 Å². The summed E-state index contributed by atoms with van der Waals surface area (Å²) in [6.45, 7) is 6.62. The number of hydrogen-bond acceptors (Lipinski definition) is 3. The third-order valence-electron chi connectivity index (χ3n) is 3.88. The van der Waals surface area contributed by atoms with Crippen molar-refractivity contribution >= 4 is 20.2 Å². The van der Waals surface area contributed by atoms with Crippen molar-refractivity contribution in [1.29, 1.82) is 0 Å². The first-order valence-corrected chi connectivity index (χ1v) is 12.9.